The summed E-state index contributed by atoms with van der Waals surface area (Å²) in [6.07, 6.45) is 9.57. The van der Waals surface area contributed by atoms with Crippen molar-refractivity contribution in [2.24, 2.45) is 11.3 Å². The molecule has 0 spiro atoms. The molecular formula is C15H24N2O. The first-order valence-electron chi connectivity index (χ1n) is 7.40. The van der Waals surface area contributed by atoms with Crippen molar-refractivity contribution in [3.63, 3.8) is 0 Å². The minimum atomic E-state index is -0.742. The molecule has 3 nitrogen and oxygen atoms in total. The summed E-state index contributed by atoms with van der Waals surface area (Å²) in [5, 5.41) is 12.6. The third kappa shape index (κ3) is 2.68. The lowest BCUT2D eigenvalue weighted by atomic mass is 9.78. The molecule has 0 aliphatic heterocycles. The molecule has 1 N–H and O–H groups in total. The van der Waals surface area contributed by atoms with Gasteiger partial charge in [0.1, 0.15) is 5.41 Å². The second kappa shape index (κ2) is 5.73. The van der Waals surface area contributed by atoms with E-state index in [1.54, 1.807) is 0 Å². The number of nitriles is 1. The molecular weight excluding hydrogens is 224 g/mol. The molecule has 0 aromatic carbocycles. The van der Waals surface area contributed by atoms with Crippen LogP contribution in [0.5, 0.6) is 0 Å². The van der Waals surface area contributed by atoms with Gasteiger partial charge in [0, 0.05) is 6.04 Å². The molecule has 3 heteroatoms. The first-order valence-corrected chi connectivity index (χ1v) is 7.40. The molecule has 0 saturated heterocycles. The van der Waals surface area contributed by atoms with Gasteiger partial charge in [-0.2, -0.15) is 5.26 Å². The van der Waals surface area contributed by atoms with Crippen LogP contribution < -0.4 is 5.32 Å². The molecule has 100 valence electrons. The highest BCUT2D eigenvalue weighted by atomic mass is 16.2. The number of hydrogen-bond acceptors (Lipinski definition) is 2. The van der Waals surface area contributed by atoms with Crippen LogP contribution in [-0.4, -0.2) is 11.9 Å². The van der Waals surface area contributed by atoms with E-state index in [0.29, 0.717) is 5.92 Å². The van der Waals surface area contributed by atoms with E-state index in [1.165, 1.54) is 19.3 Å². The Labute approximate surface area is 110 Å². The van der Waals surface area contributed by atoms with Crippen LogP contribution in [0, 0.1) is 22.7 Å². The average Bonchev–Trinajstić information content (AvgIpc) is 2.52. The van der Waals surface area contributed by atoms with Crippen molar-refractivity contribution in [3.8, 4) is 6.07 Å². The summed E-state index contributed by atoms with van der Waals surface area (Å²) < 4.78 is 0. The summed E-state index contributed by atoms with van der Waals surface area (Å²) in [5.74, 6) is 0.627. The maximum Gasteiger partial charge on any atom is 0.240 e. The Morgan fingerprint density at radius 1 is 1.22 bits per heavy atom. The van der Waals surface area contributed by atoms with E-state index in [9.17, 15) is 10.1 Å². The van der Waals surface area contributed by atoms with Crippen LogP contribution in [0.15, 0.2) is 0 Å². The Bertz CT molecular complexity index is 333. The number of nitrogens with zero attached hydrogens (tertiary/aromatic N) is 1. The van der Waals surface area contributed by atoms with Crippen LogP contribution in [0.3, 0.4) is 0 Å². The highest BCUT2D eigenvalue weighted by molar-refractivity contribution is 5.85. The summed E-state index contributed by atoms with van der Waals surface area (Å²) >= 11 is 0. The fourth-order valence-corrected chi connectivity index (χ4v) is 3.12. The number of carbonyl (C=O) groups excluding carboxylic acids is 1. The second-order valence-corrected chi connectivity index (χ2v) is 6.06. The topological polar surface area (TPSA) is 52.9 Å². The van der Waals surface area contributed by atoms with Gasteiger partial charge in [0.05, 0.1) is 6.07 Å². The lowest BCUT2D eigenvalue weighted by Crippen LogP contribution is -2.47. The van der Waals surface area contributed by atoms with Crippen molar-refractivity contribution < 1.29 is 4.79 Å². The van der Waals surface area contributed by atoms with Gasteiger partial charge in [-0.15, -0.1) is 0 Å². The lowest BCUT2D eigenvalue weighted by molar-refractivity contribution is -0.130. The van der Waals surface area contributed by atoms with Gasteiger partial charge in [-0.1, -0.05) is 32.1 Å². The van der Waals surface area contributed by atoms with Crippen molar-refractivity contribution in [1.29, 1.82) is 5.26 Å². The van der Waals surface area contributed by atoms with Crippen LogP contribution in [0.2, 0.25) is 0 Å². The summed E-state index contributed by atoms with van der Waals surface area (Å²) in [5.41, 5.74) is -0.742. The number of carbonyl (C=O) groups is 1. The number of amides is 1. The Kier molecular flexibility index (Phi) is 4.27. The summed E-state index contributed by atoms with van der Waals surface area (Å²) in [6.45, 7) is 2.09. The van der Waals surface area contributed by atoms with E-state index in [1.807, 2.05) is 0 Å². The molecule has 0 aromatic heterocycles. The van der Waals surface area contributed by atoms with Crippen molar-refractivity contribution in [2.45, 2.75) is 70.8 Å². The molecule has 0 bridgehead atoms. The molecule has 2 fully saturated rings. The van der Waals surface area contributed by atoms with Gasteiger partial charge in [-0.05, 0) is 38.5 Å². The van der Waals surface area contributed by atoms with Crippen molar-refractivity contribution >= 4 is 5.91 Å². The smallest absolute Gasteiger partial charge is 0.240 e. The van der Waals surface area contributed by atoms with Crippen LogP contribution in [0.25, 0.3) is 0 Å². The monoisotopic (exact) mass is 248 g/mol. The maximum atomic E-state index is 12.4. The number of rotatable bonds is 3. The zero-order chi connectivity index (χ0) is 13.0. The zero-order valence-corrected chi connectivity index (χ0v) is 11.4. The Morgan fingerprint density at radius 2 is 1.83 bits per heavy atom. The molecule has 1 amide bonds. The van der Waals surface area contributed by atoms with Gasteiger partial charge in [-0.3, -0.25) is 4.79 Å². The van der Waals surface area contributed by atoms with Crippen LogP contribution in [0.1, 0.15) is 64.7 Å². The molecule has 1 unspecified atom stereocenters. The Balaban J connectivity index is 1.97. The minimum absolute atomic E-state index is 0.00806. The third-order valence-corrected chi connectivity index (χ3v) is 4.82. The SMILES string of the molecule is CC(NC(=O)C1(C#N)CCCCCC1)C1CCC1. The molecule has 2 aliphatic carbocycles. The lowest BCUT2D eigenvalue weighted by Gasteiger charge is -2.34. The third-order valence-electron chi connectivity index (χ3n) is 4.82. The maximum absolute atomic E-state index is 12.4. The quantitative estimate of drug-likeness (QED) is 0.780. The predicted molar refractivity (Wildman–Crippen MR) is 70.7 cm³/mol. The van der Waals surface area contributed by atoms with E-state index in [-0.39, 0.29) is 11.9 Å². The Hall–Kier alpha value is -1.04. The van der Waals surface area contributed by atoms with Crippen LogP contribution in [-0.2, 0) is 4.79 Å². The number of hydrogen-bond donors (Lipinski definition) is 1. The molecule has 0 heterocycles. The van der Waals surface area contributed by atoms with E-state index in [0.717, 1.165) is 38.5 Å². The fourth-order valence-electron chi connectivity index (χ4n) is 3.12. The second-order valence-electron chi connectivity index (χ2n) is 6.06. The van der Waals surface area contributed by atoms with Crippen LogP contribution in [0.4, 0.5) is 0 Å². The van der Waals surface area contributed by atoms with Gasteiger partial charge in [0.25, 0.3) is 0 Å². The molecule has 0 aromatic rings. The normalized spacial score (nSPS) is 25.3. The first-order chi connectivity index (χ1) is 8.68. The molecule has 2 saturated carbocycles. The highest BCUT2D eigenvalue weighted by Gasteiger charge is 2.40. The minimum Gasteiger partial charge on any atom is -0.352 e. The zero-order valence-electron chi connectivity index (χ0n) is 11.4. The van der Waals surface area contributed by atoms with E-state index in [2.05, 4.69) is 18.3 Å². The van der Waals surface area contributed by atoms with Gasteiger partial charge >= 0.3 is 0 Å². The van der Waals surface area contributed by atoms with E-state index < -0.39 is 5.41 Å². The Morgan fingerprint density at radius 3 is 2.28 bits per heavy atom. The average molecular weight is 248 g/mol. The van der Waals surface area contributed by atoms with Crippen molar-refractivity contribution in [2.75, 3.05) is 0 Å². The van der Waals surface area contributed by atoms with E-state index >= 15 is 0 Å². The summed E-state index contributed by atoms with van der Waals surface area (Å²) in [4.78, 5) is 12.4. The predicted octanol–water partition coefficient (Wildman–Crippen LogP) is 3.16. The first kappa shape index (κ1) is 13.4. The van der Waals surface area contributed by atoms with E-state index in [4.69, 9.17) is 0 Å². The molecule has 0 radical (unpaired) electrons. The summed E-state index contributed by atoms with van der Waals surface area (Å²) in [6, 6.07) is 2.56. The van der Waals surface area contributed by atoms with Gasteiger partial charge < -0.3 is 5.32 Å². The van der Waals surface area contributed by atoms with Crippen molar-refractivity contribution in [3.05, 3.63) is 0 Å². The molecule has 18 heavy (non-hydrogen) atoms. The summed E-state index contributed by atoms with van der Waals surface area (Å²) in [7, 11) is 0. The fraction of sp³-hybridized carbons (Fsp3) is 0.867. The van der Waals surface area contributed by atoms with Gasteiger partial charge in [-0.25, -0.2) is 0 Å². The number of nitrogens with one attached hydrogen (secondary N) is 1. The molecule has 2 aliphatic rings. The largest absolute Gasteiger partial charge is 0.352 e. The standard InChI is InChI=1S/C15H24N2O/c1-12(13-7-6-8-13)17-14(18)15(11-16)9-4-2-3-5-10-15/h12-13H,2-10H2,1H3,(H,17,18). The van der Waals surface area contributed by atoms with Crippen LogP contribution >= 0.6 is 0 Å². The van der Waals surface area contributed by atoms with Gasteiger partial charge in [0.2, 0.25) is 5.91 Å². The van der Waals surface area contributed by atoms with Gasteiger partial charge in [0.15, 0.2) is 0 Å². The highest BCUT2D eigenvalue weighted by Crippen LogP contribution is 2.36. The molecule has 2 rings (SSSR count). The molecule has 1 atom stereocenters. The van der Waals surface area contributed by atoms with Crippen molar-refractivity contribution in [1.82, 2.24) is 5.32 Å².